The van der Waals surface area contributed by atoms with Crippen LogP contribution in [0.5, 0.6) is 0 Å². The number of H-pyrrole nitrogens is 1. The molecule has 1 aliphatic heterocycles. The third-order valence-corrected chi connectivity index (χ3v) is 5.35. The molecule has 2 N–H and O–H groups in total. The molecule has 3 rings (SSSR count). The summed E-state index contributed by atoms with van der Waals surface area (Å²) in [5.41, 5.74) is 0.865. The predicted molar refractivity (Wildman–Crippen MR) is 101 cm³/mol. The van der Waals surface area contributed by atoms with Gasteiger partial charge in [-0.25, -0.2) is 9.36 Å². The SMILES string of the molecule is Cc1cc(C)cc(COP(=O)(O)OC[C@@H]2CC[C@H](n3cc(F)c(=O)[nH]c3=O)O2)c1. The number of aromatic nitrogens is 2. The number of benzene rings is 1. The third-order valence-electron chi connectivity index (χ3n) is 4.42. The Bertz CT molecular complexity index is 1030. The Morgan fingerprint density at radius 1 is 1.24 bits per heavy atom. The molecular weight excluding hydrogens is 406 g/mol. The van der Waals surface area contributed by atoms with E-state index in [0.717, 1.165) is 27.5 Å². The molecule has 1 aromatic heterocycles. The highest BCUT2D eigenvalue weighted by Gasteiger charge is 2.31. The summed E-state index contributed by atoms with van der Waals surface area (Å²) in [4.78, 5) is 34.6. The van der Waals surface area contributed by atoms with Gasteiger partial charge < -0.3 is 9.63 Å². The number of phosphoric ester groups is 1. The highest BCUT2D eigenvalue weighted by atomic mass is 31.2. The molecular formula is C18H22FN2O7P. The van der Waals surface area contributed by atoms with E-state index in [0.29, 0.717) is 12.8 Å². The van der Waals surface area contributed by atoms with E-state index in [4.69, 9.17) is 13.8 Å². The molecule has 0 spiro atoms. The van der Waals surface area contributed by atoms with Crippen molar-refractivity contribution in [2.24, 2.45) is 0 Å². The maximum atomic E-state index is 13.4. The zero-order valence-corrected chi connectivity index (χ0v) is 16.9. The van der Waals surface area contributed by atoms with Gasteiger partial charge in [0.05, 0.1) is 25.5 Å². The average Bonchev–Trinajstić information content (AvgIpc) is 3.10. The molecule has 29 heavy (non-hydrogen) atoms. The lowest BCUT2D eigenvalue weighted by atomic mass is 10.1. The van der Waals surface area contributed by atoms with Crippen LogP contribution in [0.1, 0.15) is 35.8 Å². The summed E-state index contributed by atoms with van der Waals surface area (Å²) in [5.74, 6) is -1.10. The lowest BCUT2D eigenvalue weighted by Crippen LogP contribution is -2.34. The highest BCUT2D eigenvalue weighted by molar-refractivity contribution is 7.47. The molecule has 0 bridgehead atoms. The first-order chi connectivity index (χ1) is 13.6. The molecule has 1 aliphatic rings. The number of rotatable bonds is 7. The fourth-order valence-corrected chi connectivity index (χ4v) is 3.95. The Balaban J connectivity index is 1.53. The number of aromatic amines is 1. The van der Waals surface area contributed by atoms with Crippen molar-refractivity contribution in [3.05, 3.63) is 67.7 Å². The number of aryl methyl sites for hydroxylation is 2. The van der Waals surface area contributed by atoms with E-state index in [9.17, 15) is 23.4 Å². The van der Waals surface area contributed by atoms with Crippen LogP contribution in [0.2, 0.25) is 0 Å². The van der Waals surface area contributed by atoms with E-state index in [1.807, 2.05) is 37.0 Å². The van der Waals surface area contributed by atoms with Gasteiger partial charge in [-0.2, -0.15) is 4.39 Å². The van der Waals surface area contributed by atoms with Crippen molar-refractivity contribution in [1.29, 1.82) is 0 Å². The van der Waals surface area contributed by atoms with Crippen molar-refractivity contribution >= 4 is 7.82 Å². The summed E-state index contributed by atoms with van der Waals surface area (Å²) < 4.78 is 42.1. The van der Waals surface area contributed by atoms with E-state index in [1.165, 1.54) is 0 Å². The van der Waals surface area contributed by atoms with E-state index >= 15 is 0 Å². The number of nitrogens with zero attached hydrogens (tertiary/aromatic N) is 1. The predicted octanol–water partition coefficient (Wildman–Crippen LogP) is 2.30. The third kappa shape index (κ3) is 5.71. The second-order valence-electron chi connectivity index (χ2n) is 6.97. The van der Waals surface area contributed by atoms with Crippen molar-refractivity contribution < 1.29 is 27.6 Å². The number of hydrogen-bond acceptors (Lipinski definition) is 6. The lowest BCUT2D eigenvalue weighted by Gasteiger charge is -2.17. The van der Waals surface area contributed by atoms with E-state index in [2.05, 4.69) is 0 Å². The Hall–Kier alpha value is -2.10. The number of halogens is 1. The van der Waals surface area contributed by atoms with Gasteiger partial charge >= 0.3 is 13.5 Å². The topological polar surface area (TPSA) is 120 Å². The molecule has 0 aliphatic carbocycles. The van der Waals surface area contributed by atoms with Crippen LogP contribution in [0.25, 0.3) is 0 Å². The fourth-order valence-electron chi connectivity index (χ4n) is 3.21. The summed E-state index contributed by atoms with van der Waals surface area (Å²) in [5, 5.41) is 0. The number of nitrogens with one attached hydrogen (secondary N) is 1. The van der Waals surface area contributed by atoms with Crippen molar-refractivity contribution in [1.82, 2.24) is 9.55 Å². The molecule has 2 aromatic rings. The van der Waals surface area contributed by atoms with Crippen molar-refractivity contribution in [3.8, 4) is 0 Å². The minimum absolute atomic E-state index is 0.0868. The van der Waals surface area contributed by atoms with Crippen LogP contribution < -0.4 is 11.2 Å². The first-order valence-corrected chi connectivity index (χ1v) is 10.5. The van der Waals surface area contributed by atoms with Gasteiger partial charge in [-0.1, -0.05) is 29.3 Å². The molecule has 11 heteroatoms. The van der Waals surface area contributed by atoms with Gasteiger partial charge in [-0.05, 0) is 32.3 Å². The number of ether oxygens (including phenoxy) is 1. The maximum Gasteiger partial charge on any atom is 0.472 e. The molecule has 3 atom stereocenters. The summed E-state index contributed by atoms with van der Waals surface area (Å²) in [6, 6.07) is 5.67. The summed E-state index contributed by atoms with van der Waals surface area (Å²) in [6.45, 7) is 3.51. The van der Waals surface area contributed by atoms with Crippen LogP contribution in [0.15, 0.2) is 34.0 Å². The van der Waals surface area contributed by atoms with Gasteiger partial charge in [0.25, 0.3) is 5.56 Å². The maximum absolute atomic E-state index is 13.4. The second-order valence-corrected chi connectivity index (χ2v) is 8.42. The van der Waals surface area contributed by atoms with Gasteiger partial charge in [0.15, 0.2) is 0 Å². The summed E-state index contributed by atoms with van der Waals surface area (Å²) in [6.07, 6.45) is 0.135. The Labute approximate surface area is 165 Å². The molecule has 0 radical (unpaired) electrons. The smallest absolute Gasteiger partial charge is 0.352 e. The highest BCUT2D eigenvalue weighted by Crippen LogP contribution is 2.45. The van der Waals surface area contributed by atoms with Crippen LogP contribution in [0.4, 0.5) is 4.39 Å². The van der Waals surface area contributed by atoms with Gasteiger partial charge in [-0.15, -0.1) is 0 Å². The molecule has 1 saturated heterocycles. The van der Waals surface area contributed by atoms with Gasteiger partial charge in [-0.3, -0.25) is 23.4 Å². The number of hydrogen-bond donors (Lipinski definition) is 2. The Kier molecular flexibility index (Phi) is 6.50. The van der Waals surface area contributed by atoms with E-state index in [-0.39, 0.29) is 13.2 Å². The van der Waals surface area contributed by atoms with Crippen molar-refractivity contribution in [2.75, 3.05) is 6.61 Å². The molecule has 1 aromatic carbocycles. The largest absolute Gasteiger partial charge is 0.472 e. The van der Waals surface area contributed by atoms with Crippen LogP contribution in [-0.4, -0.2) is 27.2 Å². The summed E-state index contributed by atoms with van der Waals surface area (Å²) in [7, 11) is -4.31. The monoisotopic (exact) mass is 428 g/mol. The zero-order chi connectivity index (χ0) is 21.2. The van der Waals surface area contributed by atoms with E-state index in [1.54, 1.807) is 0 Å². The minimum Gasteiger partial charge on any atom is -0.352 e. The van der Waals surface area contributed by atoms with Crippen LogP contribution >= 0.6 is 7.82 Å². The van der Waals surface area contributed by atoms with Crippen LogP contribution in [0.3, 0.4) is 0 Å². The molecule has 158 valence electrons. The first-order valence-electron chi connectivity index (χ1n) is 8.98. The molecule has 2 heterocycles. The molecule has 1 fully saturated rings. The number of phosphoric acid groups is 1. The van der Waals surface area contributed by atoms with Crippen molar-refractivity contribution in [3.63, 3.8) is 0 Å². The zero-order valence-electron chi connectivity index (χ0n) is 16.0. The standard InChI is InChI=1S/C18H22FN2O7P/c1-11-5-12(2)7-13(6-11)9-26-29(24,25)27-10-14-3-4-16(28-14)21-8-15(19)17(22)20-18(21)23/h5-8,14,16H,3-4,9-10H2,1-2H3,(H,24,25)(H,20,22,23)/t14-,16+/m0/s1. The molecule has 9 nitrogen and oxygen atoms in total. The van der Waals surface area contributed by atoms with Crippen LogP contribution in [-0.2, 0) is 25.0 Å². The van der Waals surface area contributed by atoms with Gasteiger partial charge in [0.1, 0.15) is 6.23 Å². The van der Waals surface area contributed by atoms with Crippen LogP contribution in [0, 0.1) is 19.7 Å². The van der Waals surface area contributed by atoms with Gasteiger partial charge in [0, 0.05) is 0 Å². The average molecular weight is 428 g/mol. The van der Waals surface area contributed by atoms with Crippen molar-refractivity contribution in [2.45, 2.75) is 45.6 Å². The molecule has 0 amide bonds. The Morgan fingerprint density at radius 3 is 2.62 bits per heavy atom. The normalized spacial score (nSPS) is 21.2. The Morgan fingerprint density at radius 2 is 1.93 bits per heavy atom. The minimum atomic E-state index is -4.31. The quantitative estimate of drug-likeness (QED) is 0.650. The lowest BCUT2D eigenvalue weighted by molar-refractivity contribution is -0.0267. The van der Waals surface area contributed by atoms with Gasteiger partial charge in [0.2, 0.25) is 5.82 Å². The fraction of sp³-hybridized carbons (Fsp3) is 0.444. The molecule has 0 saturated carbocycles. The second kappa shape index (κ2) is 8.73. The van der Waals surface area contributed by atoms with E-state index < -0.39 is 37.2 Å². The molecule has 1 unspecified atom stereocenters. The first kappa shape index (κ1) is 21.6. The summed E-state index contributed by atoms with van der Waals surface area (Å²) >= 11 is 0.